The first-order chi connectivity index (χ1) is 7.95. The molecule has 0 saturated heterocycles. The number of nitrogens with one attached hydrogen (secondary N) is 1. The predicted molar refractivity (Wildman–Crippen MR) is 63.2 cm³/mol. The highest BCUT2D eigenvalue weighted by molar-refractivity contribution is 4.97. The van der Waals surface area contributed by atoms with E-state index in [2.05, 4.69) is 5.32 Å². The molecular formula is C13H21NO2. The summed E-state index contributed by atoms with van der Waals surface area (Å²) in [7, 11) is 0. The lowest BCUT2D eigenvalue weighted by molar-refractivity contribution is 0.108. The summed E-state index contributed by atoms with van der Waals surface area (Å²) < 4.78 is 10.8. The van der Waals surface area contributed by atoms with Crippen LogP contribution >= 0.6 is 0 Å². The molecule has 0 aromatic carbocycles. The summed E-state index contributed by atoms with van der Waals surface area (Å²) in [6.45, 7) is 3.41. The summed E-state index contributed by atoms with van der Waals surface area (Å²) in [4.78, 5) is 0. The van der Waals surface area contributed by atoms with Crippen molar-refractivity contribution in [3.05, 3.63) is 24.2 Å². The molecule has 0 spiro atoms. The van der Waals surface area contributed by atoms with E-state index in [-0.39, 0.29) is 0 Å². The highest BCUT2D eigenvalue weighted by Crippen LogP contribution is 2.28. The van der Waals surface area contributed by atoms with Gasteiger partial charge in [-0.05, 0) is 24.5 Å². The molecule has 1 aliphatic carbocycles. The summed E-state index contributed by atoms with van der Waals surface area (Å²) >= 11 is 0. The Morgan fingerprint density at radius 3 is 3.00 bits per heavy atom. The van der Waals surface area contributed by atoms with Crippen molar-refractivity contribution >= 4 is 0 Å². The van der Waals surface area contributed by atoms with Crippen LogP contribution in [0.4, 0.5) is 0 Å². The number of ether oxygens (including phenoxy) is 1. The molecule has 2 rings (SSSR count). The van der Waals surface area contributed by atoms with Gasteiger partial charge >= 0.3 is 0 Å². The molecule has 0 unspecified atom stereocenters. The van der Waals surface area contributed by atoms with Crippen LogP contribution < -0.4 is 5.32 Å². The molecule has 3 heteroatoms. The van der Waals surface area contributed by atoms with Crippen molar-refractivity contribution < 1.29 is 9.15 Å². The van der Waals surface area contributed by atoms with Crippen molar-refractivity contribution in [3.8, 4) is 0 Å². The zero-order chi connectivity index (χ0) is 11.1. The maximum absolute atomic E-state index is 5.57. The molecule has 3 nitrogen and oxygen atoms in total. The SMILES string of the molecule is c1coc(CNCCOCCC2CCC2)c1. The van der Waals surface area contributed by atoms with Crippen LogP contribution in [0.25, 0.3) is 0 Å². The van der Waals surface area contributed by atoms with Crippen molar-refractivity contribution in [1.29, 1.82) is 0 Å². The van der Waals surface area contributed by atoms with Crippen LogP contribution in [0, 0.1) is 5.92 Å². The van der Waals surface area contributed by atoms with Crippen molar-refractivity contribution in [3.63, 3.8) is 0 Å². The second kappa shape index (κ2) is 6.71. The van der Waals surface area contributed by atoms with Gasteiger partial charge in [-0.1, -0.05) is 19.3 Å². The van der Waals surface area contributed by atoms with Gasteiger partial charge in [0.25, 0.3) is 0 Å². The molecule has 0 aliphatic heterocycles. The quantitative estimate of drug-likeness (QED) is 0.688. The minimum atomic E-state index is 0.791. The molecule has 90 valence electrons. The summed E-state index contributed by atoms with van der Waals surface area (Å²) in [5.74, 6) is 1.94. The number of hydrogen-bond acceptors (Lipinski definition) is 3. The number of furan rings is 1. The summed E-state index contributed by atoms with van der Waals surface area (Å²) in [5, 5.41) is 3.29. The van der Waals surface area contributed by atoms with Crippen molar-refractivity contribution in [1.82, 2.24) is 5.32 Å². The molecule has 1 aromatic rings. The van der Waals surface area contributed by atoms with E-state index in [1.54, 1.807) is 6.26 Å². The first-order valence-electron chi connectivity index (χ1n) is 6.26. The number of rotatable bonds is 8. The molecule has 1 heterocycles. The fourth-order valence-electron chi connectivity index (χ4n) is 1.90. The Kier molecular flexibility index (Phi) is 4.90. The van der Waals surface area contributed by atoms with Crippen molar-refractivity contribution in [2.24, 2.45) is 5.92 Å². The van der Waals surface area contributed by atoms with Crippen LogP contribution in [0.5, 0.6) is 0 Å². The normalized spacial score (nSPS) is 16.2. The van der Waals surface area contributed by atoms with E-state index >= 15 is 0 Å². The van der Waals surface area contributed by atoms with Gasteiger partial charge in [0.05, 0.1) is 19.4 Å². The lowest BCUT2D eigenvalue weighted by atomic mass is 9.83. The zero-order valence-electron chi connectivity index (χ0n) is 9.78. The van der Waals surface area contributed by atoms with Crippen LogP contribution in [-0.2, 0) is 11.3 Å². The molecule has 1 fully saturated rings. The smallest absolute Gasteiger partial charge is 0.117 e. The van der Waals surface area contributed by atoms with Gasteiger partial charge in [0.2, 0.25) is 0 Å². The molecule has 1 saturated carbocycles. The Morgan fingerprint density at radius 2 is 2.31 bits per heavy atom. The van der Waals surface area contributed by atoms with E-state index in [0.717, 1.165) is 38.0 Å². The minimum Gasteiger partial charge on any atom is -0.468 e. The second-order valence-electron chi connectivity index (χ2n) is 4.45. The van der Waals surface area contributed by atoms with E-state index in [0.29, 0.717) is 0 Å². The van der Waals surface area contributed by atoms with Gasteiger partial charge in [0, 0.05) is 13.2 Å². The monoisotopic (exact) mass is 223 g/mol. The third kappa shape index (κ3) is 3.99. The highest BCUT2D eigenvalue weighted by atomic mass is 16.5. The molecule has 0 amide bonds. The van der Waals surface area contributed by atoms with Crippen LogP contribution in [0.2, 0.25) is 0 Å². The van der Waals surface area contributed by atoms with Gasteiger partial charge in [-0.15, -0.1) is 0 Å². The highest BCUT2D eigenvalue weighted by Gasteiger charge is 2.16. The maximum atomic E-state index is 5.57. The van der Waals surface area contributed by atoms with Gasteiger partial charge < -0.3 is 14.5 Å². The number of hydrogen-bond donors (Lipinski definition) is 1. The Hall–Kier alpha value is -0.800. The first-order valence-corrected chi connectivity index (χ1v) is 6.26. The fourth-order valence-corrected chi connectivity index (χ4v) is 1.90. The Labute approximate surface area is 97.2 Å². The maximum Gasteiger partial charge on any atom is 0.117 e. The van der Waals surface area contributed by atoms with Gasteiger partial charge in [0.15, 0.2) is 0 Å². The van der Waals surface area contributed by atoms with E-state index in [1.807, 2.05) is 12.1 Å². The van der Waals surface area contributed by atoms with Gasteiger partial charge in [-0.2, -0.15) is 0 Å². The zero-order valence-corrected chi connectivity index (χ0v) is 9.78. The van der Waals surface area contributed by atoms with E-state index in [1.165, 1.54) is 25.7 Å². The van der Waals surface area contributed by atoms with Crippen molar-refractivity contribution in [2.45, 2.75) is 32.2 Å². The summed E-state index contributed by atoms with van der Waals surface area (Å²) in [6, 6.07) is 3.89. The fraction of sp³-hybridized carbons (Fsp3) is 0.692. The molecule has 1 N–H and O–H groups in total. The van der Waals surface area contributed by atoms with Crippen LogP contribution in [0.15, 0.2) is 22.8 Å². The Bertz CT molecular complexity index is 267. The van der Waals surface area contributed by atoms with E-state index < -0.39 is 0 Å². The third-order valence-corrected chi connectivity index (χ3v) is 3.20. The van der Waals surface area contributed by atoms with E-state index in [4.69, 9.17) is 9.15 Å². The third-order valence-electron chi connectivity index (χ3n) is 3.20. The molecule has 1 aliphatic rings. The molecule has 1 aromatic heterocycles. The van der Waals surface area contributed by atoms with Gasteiger partial charge in [0.1, 0.15) is 5.76 Å². The largest absolute Gasteiger partial charge is 0.468 e. The molecule has 0 radical (unpaired) electrons. The van der Waals surface area contributed by atoms with Gasteiger partial charge in [-0.25, -0.2) is 0 Å². The van der Waals surface area contributed by atoms with Gasteiger partial charge in [-0.3, -0.25) is 0 Å². The topological polar surface area (TPSA) is 34.4 Å². The summed E-state index contributed by atoms with van der Waals surface area (Å²) in [6.07, 6.45) is 7.21. The van der Waals surface area contributed by atoms with Crippen LogP contribution in [0.1, 0.15) is 31.4 Å². The van der Waals surface area contributed by atoms with Crippen molar-refractivity contribution in [2.75, 3.05) is 19.8 Å². The second-order valence-corrected chi connectivity index (χ2v) is 4.45. The lowest BCUT2D eigenvalue weighted by Crippen LogP contribution is -2.20. The Balaban J connectivity index is 1.37. The molecule has 16 heavy (non-hydrogen) atoms. The molecule has 0 atom stereocenters. The summed E-state index contributed by atoms with van der Waals surface area (Å²) in [5.41, 5.74) is 0. The standard InChI is InChI=1S/C13H21NO2/c1-3-12(4-1)6-9-15-10-7-14-11-13-5-2-8-16-13/h2,5,8,12,14H,1,3-4,6-7,9-11H2. The molecular weight excluding hydrogens is 202 g/mol. The minimum absolute atomic E-state index is 0.791. The Morgan fingerprint density at radius 1 is 1.38 bits per heavy atom. The van der Waals surface area contributed by atoms with E-state index in [9.17, 15) is 0 Å². The average molecular weight is 223 g/mol. The predicted octanol–water partition coefficient (Wildman–Crippen LogP) is 2.58. The first kappa shape index (κ1) is 11.7. The molecule has 0 bridgehead atoms. The van der Waals surface area contributed by atoms with Crippen LogP contribution in [-0.4, -0.2) is 19.8 Å². The van der Waals surface area contributed by atoms with Crippen LogP contribution in [0.3, 0.4) is 0 Å². The lowest BCUT2D eigenvalue weighted by Gasteiger charge is -2.24. The average Bonchev–Trinajstić information content (AvgIpc) is 2.72.